The summed E-state index contributed by atoms with van der Waals surface area (Å²) in [5.41, 5.74) is 2.15. The second kappa shape index (κ2) is 17.1. The normalized spacial score (nSPS) is 25.3. The van der Waals surface area contributed by atoms with Crippen LogP contribution in [0.3, 0.4) is 0 Å². The summed E-state index contributed by atoms with van der Waals surface area (Å²) in [4.78, 5) is 59.6. The van der Waals surface area contributed by atoms with Crippen LogP contribution >= 0.6 is 15.9 Å². The molecule has 0 aliphatic carbocycles. The molecule has 2 N–H and O–H groups in total. The molecule has 7 atom stereocenters. The molecule has 0 aromatic heterocycles. The van der Waals surface area contributed by atoms with Gasteiger partial charge in [-0.1, -0.05) is 83.4 Å². The number of halogens is 1. The topological polar surface area (TPSA) is 125 Å². The van der Waals surface area contributed by atoms with Crippen molar-refractivity contribution in [1.82, 2.24) is 10.2 Å². The first-order valence-corrected chi connectivity index (χ1v) is 18.8. The number of nitrogens with zero attached hydrogens (tertiary/aromatic N) is 2. The van der Waals surface area contributed by atoms with Crippen LogP contribution in [0.2, 0.25) is 0 Å². The highest BCUT2D eigenvalue weighted by molar-refractivity contribution is 9.09. The first kappa shape index (κ1) is 38.4. The van der Waals surface area contributed by atoms with Crippen molar-refractivity contribution in [2.24, 2.45) is 11.8 Å². The van der Waals surface area contributed by atoms with Gasteiger partial charge in [-0.3, -0.25) is 19.2 Å². The molecule has 3 amide bonds. The van der Waals surface area contributed by atoms with E-state index in [0.29, 0.717) is 32.2 Å². The van der Waals surface area contributed by atoms with Crippen LogP contribution in [0, 0.1) is 25.7 Å². The minimum Gasteiger partial charge on any atom is -0.463 e. The van der Waals surface area contributed by atoms with E-state index in [1.54, 1.807) is 22.0 Å². The Kier molecular flexibility index (Phi) is 12.9. The third-order valence-electron chi connectivity index (χ3n) is 10.3. The highest BCUT2D eigenvalue weighted by atomic mass is 79.9. The van der Waals surface area contributed by atoms with E-state index in [9.17, 15) is 24.3 Å². The van der Waals surface area contributed by atoms with E-state index < -0.39 is 47.5 Å². The van der Waals surface area contributed by atoms with E-state index in [1.165, 1.54) is 0 Å². The van der Waals surface area contributed by atoms with E-state index >= 15 is 0 Å². The van der Waals surface area contributed by atoms with Gasteiger partial charge in [-0.2, -0.15) is 0 Å². The van der Waals surface area contributed by atoms with E-state index in [1.807, 2.05) is 62.4 Å². The van der Waals surface area contributed by atoms with Gasteiger partial charge in [0, 0.05) is 36.6 Å². The summed E-state index contributed by atoms with van der Waals surface area (Å²) in [5.74, 6) is -3.12. The fourth-order valence-electron chi connectivity index (χ4n) is 7.93. The maximum absolute atomic E-state index is 15.0. The van der Waals surface area contributed by atoms with Crippen molar-refractivity contribution in [1.29, 1.82) is 0 Å². The monoisotopic (exact) mass is 763 g/mol. The van der Waals surface area contributed by atoms with Gasteiger partial charge in [0.05, 0.1) is 24.0 Å². The standard InChI is InChI=1S/C40H50BrN3O7/c1-5-7-17-32(46)50-25-30(28-15-11-10-12-16-28)42-37(47)33-34-38(48)44(21-13-8-9-14-22-45)36(40(34)24-29(41)35(33)51-40)39(49)43(20-6-2)31-23-26(3)18-19-27(31)4/h5-6,10-12,15-16,18-19,23,29-30,33-36,45H,1-2,7-9,13-14,17,20-22,24-25H2,3-4H3,(H,42,47)/t29?,30-,33-,34+,35-,36-,40+/m0/s1. The summed E-state index contributed by atoms with van der Waals surface area (Å²) < 4.78 is 12.4. The predicted octanol–water partition coefficient (Wildman–Crippen LogP) is 5.49. The Bertz CT molecular complexity index is 1600. The lowest BCUT2D eigenvalue weighted by Crippen LogP contribution is -2.57. The second-order valence-electron chi connectivity index (χ2n) is 13.8. The molecule has 3 fully saturated rings. The first-order valence-electron chi connectivity index (χ1n) is 17.9. The van der Waals surface area contributed by atoms with Crippen molar-refractivity contribution in [2.45, 2.75) is 87.4 Å². The van der Waals surface area contributed by atoms with Crippen molar-refractivity contribution in [3.8, 4) is 0 Å². The number of esters is 1. The molecule has 0 radical (unpaired) electrons. The molecule has 3 heterocycles. The van der Waals surface area contributed by atoms with Crippen LogP contribution in [0.4, 0.5) is 5.69 Å². The SMILES string of the molecule is C=CCCC(=O)OC[C@H](NC(=O)[C@@H]1[C@H]2O[C@@]3(CC2Br)[C@H](C(=O)N(CC=C)c2cc(C)ccc2C)N(CCCCCCO)C(=O)[C@@H]13)c1ccccc1. The minimum atomic E-state index is -1.24. The number of nitrogens with one attached hydrogen (secondary N) is 1. The van der Waals surface area contributed by atoms with E-state index in [0.717, 1.165) is 35.2 Å². The Morgan fingerprint density at radius 1 is 1.12 bits per heavy atom. The highest BCUT2D eigenvalue weighted by Gasteiger charge is 2.76. The molecule has 10 nitrogen and oxygen atoms in total. The van der Waals surface area contributed by atoms with Gasteiger partial charge in [0.1, 0.15) is 18.2 Å². The van der Waals surface area contributed by atoms with Crippen LogP contribution < -0.4 is 10.2 Å². The third kappa shape index (κ3) is 8.00. The number of rotatable bonds is 18. The number of unbranched alkanes of at least 4 members (excludes halogenated alkanes) is 3. The average molecular weight is 765 g/mol. The van der Waals surface area contributed by atoms with Gasteiger partial charge < -0.3 is 29.7 Å². The Morgan fingerprint density at radius 2 is 1.86 bits per heavy atom. The lowest BCUT2D eigenvalue weighted by Gasteiger charge is -2.37. The van der Waals surface area contributed by atoms with Gasteiger partial charge in [0.15, 0.2) is 0 Å². The lowest BCUT2D eigenvalue weighted by molar-refractivity contribution is -0.145. The molecule has 3 saturated heterocycles. The smallest absolute Gasteiger partial charge is 0.306 e. The van der Waals surface area contributed by atoms with Gasteiger partial charge in [-0.25, -0.2) is 0 Å². The van der Waals surface area contributed by atoms with Crippen molar-refractivity contribution in [3.05, 3.63) is 90.5 Å². The number of benzene rings is 2. The van der Waals surface area contributed by atoms with Crippen LogP contribution in [0.1, 0.15) is 67.7 Å². The zero-order valence-corrected chi connectivity index (χ0v) is 31.2. The zero-order valence-electron chi connectivity index (χ0n) is 29.6. The first-order chi connectivity index (χ1) is 24.6. The molecule has 0 saturated carbocycles. The summed E-state index contributed by atoms with van der Waals surface area (Å²) in [6, 6.07) is 13.6. The molecular weight excluding hydrogens is 714 g/mol. The Hall–Kier alpha value is -3.80. The van der Waals surface area contributed by atoms with Gasteiger partial charge in [-0.05, 0) is 62.3 Å². The van der Waals surface area contributed by atoms with Gasteiger partial charge >= 0.3 is 5.97 Å². The maximum Gasteiger partial charge on any atom is 0.306 e. The fraction of sp³-hybridized carbons (Fsp3) is 0.500. The minimum absolute atomic E-state index is 0.0844. The molecule has 2 aromatic rings. The lowest BCUT2D eigenvalue weighted by atomic mass is 9.70. The predicted molar refractivity (Wildman–Crippen MR) is 199 cm³/mol. The number of anilines is 1. The Labute approximate surface area is 309 Å². The molecule has 11 heteroatoms. The highest BCUT2D eigenvalue weighted by Crippen LogP contribution is 2.60. The molecule has 51 heavy (non-hydrogen) atoms. The molecule has 2 bridgehead atoms. The number of hydrogen-bond acceptors (Lipinski definition) is 7. The van der Waals surface area contributed by atoms with Crippen LogP contribution in [-0.2, 0) is 28.7 Å². The Morgan fingerprint density at radius 3 is 2.57 bits per heavy atom. The number of aliphatic hydroxyl groups is 1. The number of amides is 3. The number of aliphatic hydroxyl groups excluding tert-OH is 1. The van der Waals surface area contributed by atoms with Gasteiger partial charge in [0.25, 0.3) is 5.91 Å². The third-order valence-corrected chi connectivity index (χ3v) is 11.2. The van der Waals surface area contributed by atoms with Crippen molar-refractivity contribution >= 4 is 45.3 Å². The van der Waals surface area contributed by atoms with E-state index in [4.69, 9.17) is 9.47 Å². The second-order valence-corrected chi connectivity index (χ2v) is 15.0. The number of aryl methyl sites for hydroxylation is 2. The molecule has 1 spiro atoms. The zero-order chi connectivity index (χ0) is 36.7. The number of ether oxygens (including phenoxy) is 2. The summed E-state index contributed by atoms with van der Waals surface area (Å²) in [5, 5.41) is 12.4. The number of alkyl halides is 1. The molecule has 1 unspecified atom stereocenters. The molecule has 5 rings (SSSR count). The van der Waals surface area contributed by atoms with Crippen LogP contribution in [-0.4, -0.2) is 82.6 Å². The maximum atomic E-state index is 15.0. The number of allylic oxidation sites excluding steroid dienone is 1. The van der Waals surface area contributed by atoms with Crippen molar-refractivity contribution in [2.75, 3.05) is 31.2 Å². The molecular formula is C40H50BrN3O7. The molecule has 3 aliphatic heterocycles. The van der Waals surface area contributed by atoms with Crippen LogP contribution in [0.15, 0.2) is 73.8 Å². The fourth-order valence-corrected chi connectivity index (χ4v) is 8.88. The number of carbonyl (C=O) groups is 4. The summed E-state index contributed by atoms with van der Waals surface area (Å²) in [7, 11) is 0. The molecule has 3 aliphatic rings. The Balaban J connectivity index is 1.49. The van der Waals surface area contributed by atoms with Gasteiger partial charge in [-0.15, -0.1) is 13.2 Å². The van der Waals surface area contributed by atoms with Crippen molar-refractivity contribution in [3.63, 3.8) is 0 Å². The number of hydrogen-bond donors (Lipinski definition) is 2. The van der Waals surface area contributed by atoms with Crippen LogP contribution in [0.5, 0.6) is 0 Å². The quantitative estimate of drug-likeness (QED) is 0.0891. The number of fused-ring (bicyclic) bond motifs is 1. The van der Waals surface area contributed by atoms with Crippen LogP contribution in [0.25, 0.3) is 0 Å². The summed E-state index contributed by atoms with van der Waals surface area (Å²) in [6.07, 6.45) is 6.57. The average Bonchev–Trinajstić information content (AvgIpc) is 3.72. The van der Waals surface area contributed by atoms with Gasteiger partial charge in [0.2, 0.25) is 11.8 Å². The largest absolute Gasteiger partial charge is 0.463 e. The summed E-state index contributed by atoms with van der Waals surface area (Å²) >= 11 is 3.77. The summed E-state index contributed by atoms with van der Waals surface area (Å²) in [6.45, 7) is 12.1. The molecule has 274 valence electrons. The number of likely N-dealkylation sites (tertiary alicyclic amines) is 1. The van der Waals surface area contributed by atoms with Crippen molar-refractivity contribution < 1.29 is 33.8 Å². The van der Waals surface area contributed by atoms with E-state index in [-0.39, 0.29) is 42.8 Å². The number of carbonyl (C=O) groups excluding carboxylic acids is 4. The molecule has 2 aromatic carbocycles. The van der Waals surface area contributed by atoms with E-state index in [2.05, 4.69) is 34.4 Å².